The molecule has 1 nitrogen and oxygen atoms in total. The van der Waals surface area contributed by atoms with Crippen molar-refractivity contribution in [1.82, 2.24) is 0 Å². The Balaban J connectivity index is 1.87. The Bertz CT molecular complexity index is 1200. The van der Waals surface area contributed by atoms with Crippen LogP contribution in [0.15, 0.2) is 109 Å². The van der Waals surface area contributed by atoms with Gasteiger partial charge < -0.3 is 0 Å². The summed E-state index contributed by atoms with van der Waals surface area (Å²) in [7, 11) is 0. The van der Waals surface area contributed by atoms with Crippen molar-refractivity contribution in [3.05, 3.63) is 120 Å². The molecule has 0 aromatic heterocycles. The van der Waals surface area contributed by atoms with Crippen molar-refractivity contribution in [3.8, 4) is 5.75 Å². The van der Waals surface area contributed by atoms with E-state index in [-0.39, 0.29) is 0 Å². The van der Waals surface area contributed by atoms with Gasteiger partial charge in [0.05, 0.1) is 0 Å². The van der Waals surface area contributed by atoms with Crippen LogP contribution in [0.1, 0.15) is 11.1 Å². The Labute approximate surface area is 165 Å². The summed E-state index contributed by atoms with van der Waals surface area (Å²) in [6, 6.07) is 38.9. The van der Waals surface area contributed by atoms with Crippen LogP contribution in [-0.4, -0.2) is 0 Å². The van der Waals surface area contributed by atoms with Crippen LogP contribution in [0.5, 0.6) is 5.75 Å². The second-order valence-corrected chi connectivity index (χ2v) is 11.6. The summed E-state index contributed by atoms with van der Waals surface area (Å²) in [6.07, 6.45) is 2.36. The van der Waals surface area contributed by atoms with Gasteiger partial charge in [-0.05, 0) is 0 Å². The molecule has 134 valence electrons. The Kier molecular flexibility index (Phi) is 3.08. The van der Waals surface area contributed by atoms with Crippen LogP contribution < -0.4 is 20.4 Å². The summed E-state index contributed by atoms with van der Waals surface area (Å²) in [5.74, 6) is 0.980. The molecular formula is C26H19OP. The number of fused-ring (bicyclic) bond motifs is 5. The van der Waals surface area contributed by atoms with Gasteiger partial charge in [0.15, 0.2) is 0 Å². The summed E-state index contributed by atoms with van der Waals surface area (Å²) in [5.41, 5.74) is 2.47. The van der Waals surface area contributed by atoms with E-state index in [1.165, 1.54) is 32.4 Å². The molecule has 2 aliphatic rings. The van der Waals surface area contributed by atoms with E-state index < -0.39 is 6.83 Å². The first kappa shape index (κ1) is 15.9. The number of hydrogen-bond donors (Lipinski definition) is 0. The van der Waals surface area contributed by atoms with Crippen molar-refractivity contribution in [2.45, 2.75) is 0 Å². The molecule has 2 aliphatic heterocycles. The van der Waals surface area contributed by atoms with Crippen molar-refractivity contribution >= 4 is 34.1 Å². The van der Waals surface area contributed by atoms with E-state index in [1.807, 2.05) is 0 Å². The van der Waals surface area contributed by atoms with Gasteiger partial charge in [0, 0.05) is 0 Å². The van der Waals surface area contributed by atoms with Crippen molar-refractivity contribution in [2.75, 3.05) is 0 Å². The third-order valence-electron chi connectivity index (χ3n) is 6.09. The molecule has 0 radical (unpaired) electrons. The molecule has 28 heavy (non-hydrogen) atoms. The zero-order valence-corrected chi connectivity index (χ0v) is 16.2. The average molecular weight is 378 g/mol. The summed E-state index contributed by atoms with van der Waals surface area (Å²) in [5, 5.41) is 5.14. The molecule has 2 heterocycles. The normalized spacial score (nSPS) is 18.6. The summed E-state index contributed by atoms with van der Waals surface area (Å²) in [4.78, 5) is 0. The summed E-state index contributed by atoms with van der Waals surface area (Å²) >= 11 is 0. The molecule has 0 unspecified atom stereocenters. The zero-order valence-electron chi connectivity index (χ0n) is 15.3. The van der Waals surface area contributed by atoms with Gasteiger partial charge in [-0.15, -0.1) is 0 Å². The van der Waals surface area contributed by atoms with Crippen LogP contribution in [0.3, 0.4) is 0 Å². The molecule has 0 spiro atoms. The molecule has 4 aromatic carbocycles. The standard InChI is InChI=1S/C26H19OP/c1-3-12-21(13-4-1)28(22-14-5-2-6-15-22)25-18-10-7-11-20(25)19-26(28)23-16-8-9-17-24(23)27-28/h1-19H. The Morgan fingerprint density at radius 3 is 1.82 bits per heavy atom. The first-order valence-electron chi connectivity index (χ1n) is 9.58. The van der Waals surface area contributed by atoms with Gasteiger partial charge in [0.1, 0.15) is 0 Å². The van der Waals surface area contributed by atoms with E-state index in [1.54, 1.807) is 0 Å². The molecule has 0 saturated heterocycles. The number of para-hydroxylation sites is 1. The van der Waals surface area contributed by atoms with Gasteiger partial charge in [-0.2, -0.15) is 0 Å². The van der Waals surface area contributed by atoms with E-state index in [0.717, 1.165) is 5.75 Å². The van der Waals surface area contributed by atoms with Gasteiger partial charge >= 0.3 is 165 Å². The van der Waals surface area contributed by atoms with Crippen LogP contribution >= 0.6 is 6.83 Å². The topological polar surface area (TPSA) is 9.23 Å². The van der Waals surface area contributed by atoms with E-state index in [2.05, 4.69) is 115 Å². The predicted molar refractivity (Wildman–Crippen MR) is 120 cm³/mol. The number of rotatable bonds is 2. The number of hydrogen-bond acceptors (Lipinski definition) is 1. The second kappa shape index (κ2) is 5.44. The summed E-state index contributed by atoms with van der Waals surface area (Å²) in [6.45, 7) is -3.28. The van der Waals surface area contributed by atoms with Crippen molar-refractivity contribution in [1.29, 1.82) is 0 Å². The number of benzene rings is 4. The van der Waals surface area contributed by atoms with Crippen LogP contribution in [0, 0.1) is 0 Å². The van der Waals surface area contributed by atoms with E-state index in [0.29, 0.717) is 0 Å². The molecule has 4 aromatic rings. The van der Waals surface area contributed by atoms with Gasteiger partial charge in [-0.25, -0.2) is 0 Å². The van der Waals surface area contributed by atoms with Crippen LogP contribution in [-0.2, 0) is 0 Å². The fraction of sp³-hybridized carbons (Fsp3) is 0. The third-order valence-corrected chi connectivity index (χ3v) is 11.8. The van der Waals surface area contributed by atoms with Crippen molar-refractivity contribution in [2.24, 2.45) is 0 Å². The molecule has 0 aliphatic carbocycles. The molecule has 0 atom stereocenters. The van der Waals surface area contributed by atoms with Gasteiger partial charge in [0.25, 0.3) is 0 Å². The maximum atomic E-state index is 7.27. The van der Waals surface area contributed by atoms with E-state index in [4.69, 9.17) is 4.52 Å². The quantitative estimate of drug-likeness (QED) is 0.428. The summed E-state index contributed by atoms with van der Waals surface area (Å²) < 4.78 is 7.27. The molecular weight excluding hydrogens is 359 g/mol. The van der Waals surface area contributed by atoms with Crippen LogP contribution in [0.4, 0.5) is 0 Å². The van der Waals surface area contributed by atoms with Crippen LogP contribution in [0.2, 0.25) is 0 Å². The zero-order chi connectivity index (χ0) is 18.6. The van der Waals surface area contributed by atoms with Crippen molar-refractivity contribution < 1.29 is 4.52 Å². The molecule has 6 rings (SSSR count). The first-order chi connectivity index (χ1) is 13.8. The Hall–Kier alpha value is -3.15. The Morgan fingerprint density at radius 1 is 0.536 bits per heavy atom. The Morgan fingerprint density at radius 2 is 1.11 bits per heavy atom. The van der Waals surface area contributed by atoms with Crippen molar-refractivity contribution in [3.63, 3.8) is 0 Å². The fourth-order valence-corrected chi connectivity index (χ4v) is 11.1. The molecule has 2 heteroatoms. The minimum atomic E-state index is -3.28. The maximum absolute atomic E-state index is 7.27. The third kappa shape index (κ3) is 1.67. The SMILES string of the molecule is C1=C2c3ccccc3OP2(c2ccccc2)(c2ccccc2)c2ccccc21. The fourth-order valence-electron chi connectivity index (χ4n) is 4.99. The molecule has 0 amide bonds. The molecule has 0 saturated carbocycles. The molecule has 0 N–H and O–H groups in total. The average Bonchev–Trinajstić information content (AvgIpc) is 3.24. The van der Waals surface area contributed by atoms with E-state index in [9.17, 15) is 0 Å². The van der Waals surface area contributed by atoms with Crippen LogP contribution in [0.25, 0.3) is 11.4 Å². The molecule has 0 fully saturated rings. The van der Waals surface area contributed by atoms with Gasteiger partial charge in [-0.3, -0.25) is 0 Å². The predicted octanol–water partition coefficient (Wildman–Crippen LogP) is 5.34. The van der Waals surface area contributed by atoms with E-state index >= 15 is 0 Å². The van der Waals surface area contributed by atoms with Gasteiger partial charge in [-0.1, -0.05) is 0 Å². The molecule has 0 bridgehead atoms. The minimum absolute atomic E-state index is 0.980. The second-order valence-electron chi connectivity index (χ2n) is 7.38. The first-order valence-corrected chi connectivity index (χ1v) is 11.7. The van der Waals surface area contributed by atoms with Gasteiger partial charge in [0.2, 0.25) is 0 Å². The monoisotopic (exact) mass is 378 g/mol.